The first-order valence-electron chi connectivity index (χ1n) is 12.9. The minimum atomic E-state index is -5.94. The van der Waals surface area contributed by atoms with E-state index in [0.29, 0.717) is 24.1 Å². The van der Waals surface area contributed by atoms with Crippen LogP contribution in [0.5, 0.6) is 0 Å². The third-order valence-electron chi connectivity index (χ3n) is 6.83. The van der Waals surface area contributed by atoms with E-state index in [0.717, 1.165) is 18.9 Å². The fraction of sp³-hybridized carbons (Fsp3) is 0.630. The maximum atomic E-state index is 13.1. The van der Waals surface area contributed by atoms with E-state index in [2.05, 4.69) is 6.92 Å². The number of pyridine rings is 1. The number of carboxylic acid groups (broad SMARTS) is 1. The minimum Gasteiger partial charge on any atom is -0.481 e. The number of aliphatic carboxylic acids is 1. The topological polar surface area (TPSA) is 79.5 Å². The van der Waals surface area contributed by atoms with Gasteiger partial charge in [-0.1, -0.05) is 64.4 Å². The number of hydrogen-bond acceptors (Lipinski definition) is 3. The van der Waals surface area contributed by atoms with Crippen LogP contribution in [0.4, 0.5) is 26.3 Å². The molecule has 0 amide bonds. The molecule has 0 fully saturated rings. The van der Waals surface area contributed by atoms with Crippen molar-refractivity contribution in [3.8, 4) is 0 Å². The zero-order valence-corrected chi connectivity index (χ0v) is 21.6. The Hall–Kier alpha value is -2.56. The Balaban J connectivity index is 0.000000312. The zero-order valence-electron chi connectivity index (χ0n) is 21.6. The molecule has 0 spiro atoms. The summed E-state index contributed by atoms with van der Waals surface area (Å²) < 4.78 is 79.8. The molecule has 2 aromatic rings. The summed E-state index contributed by atoms with van der Waals surface area (Å²) in [6, 6.07) is 2.50. The highest BCUT2D eigenvalue weighted by Crippen LogP contribution is 2.51. The second kappa shape index (κ2) is 13.0. The maximum Gasteiger partial charge on any atom is 0.430 e. The van der Waals surface area contributed by atoms with Crippen molar-refractivity contribution in [2.75, 3.05) is 0 Å². The summed E-state index contributed by atoms with van der Waals surface area (Å²) in [7, 11) is 0. The molecule has 0 aliphatic carbocycles. The summed E-state index contributed by atoms with van der Waals surface area (Å²) >= 11 is 0. The molecule has 38 heavy (non-hydrogen) atoms. The largest absolute Gasteiger partial charge is 0.481 e. The molecule has 3 rings (SSSR count). The van der Waals surface area contributed by atoms with Crippen molar-refractivity contribution in [1.82, 2.24) is 4.57 Å². The predicted octanol–water partition coefficient (Wildman–Crippen LogP) is 7.17. The number of carboxylic acids is 1. The molecule has 0 atom stereocenters. The molecule has 1 aromatic carbocycles. The lowest BCUT2D eigenvalue weighted by Gasteiger charge is -2.33. The standard InChI is InChI=1S/C15H11F6NO2.C12H24O2/c1-7-4-11(23)22-3-2-8-5-9(6-10(7)12(8)22)13(24,14(16,17)18)15(19,20)21;1-2-3-4-5-6-7-8-9-10-11-12(13)14/h4-6,24H,2-3H2,1H3;2-11H2,1H3,(H,13,14). The fourth-order valence-electron chi connectivity index (χ4n) is 4.69. The van der Waals surface area contributed by atoms with Crippen molar-refractivity contribution < 1.29 is 41.4 Å². The summed E-state index contributed by atoms with van der Waals surface area (Å²) in [6.45, 7) is 3.82. The lowest BCUT2D eigenvalue weighted by Crippen LogP contribution is -2.54. The quantitative estimate of drug-likeness (QED) is 0.229. The monoisotopic (exact) mass is 551 g/mol. The number of halogens is 6. The molecule has 0 radical (unpaired) electrons. The van der Waals surface area contributed by atoms with E-state index in [1.165, 1.54) is 56.4 Å². The second-order valence-electron chi connectivity index (χ2n) is 9.78. The van der Waals surface area contributed by atoms with Crippen LogP contribution < -0.4 is 5.56 Å². The van der Waals surface area contributed by atoms with Crippen molar-refractivity contribution in [1.29, 1.82) is 0 Å². The lowest BCUT2D eigenvalue weighted by atomic mass is 9.88. The molecule has 2 heterocycles. The molecule has 1 aliphatic rings. The third-order valence-corrected chi connectivity index (χ3v) is 6.83. The highest BCUT2D eigenvalue weighted by atomic mass is 19.4. The van der Waals surface area contributed by atoms with Crippen molar-refractivity contribution in [2.24, 2.45) is 0 Å². The first-order valence-corrected chi connectivity index (χ1v) is 12.9. The van der Waals surface area contributed by atoms with Gasteiger partial charge in [0.1, 0.15) is 0 Å². The predicted molar refractivity (Wildman–Crippen MR) is 132 cm³/mol. The smallest absolute Gasteiger partial charge is 0.430 e. The summed E-state index contributed by atoms with van der Waals surface area (Å²) in [5, 5.41) is 18.1. The Morgan fingerprint density at radius 1 is 0.895 bits per heavy atom. The zero-order chi connectivity index (χ0) is 28.7. The van der Waals surface area contributed by atoms with Crippen LogP contribution in [0, 0.1) is 6.92 Å². The molecule has 11 heteroatoms. The van der Waals surface area contributed by atoms with Gasteiger partial charge in [-0.05, 0) is 37.0 Å². The van der Waals surface area contributed by atoms with Crippen LogP contribution in [0.25, 0.3) is 10.9 Å². The van der Waals surface area contributed by atoms with E-state index in [4.69, 9.17) is 5.11 Å². The van der Waals surface area contributed by atoms with Gasteiger partial charge in [0, 0.05) is 30.0 Å². The number of carbonyl (C=O) groups is 1. The summed E-state index contributed by atoms with van der Waals surface area (Å²) in [5.74, 6) is -0.659. The van der Waals surface area contributed by atoms with Gasteiger partial charge in [0.2, 0.25) is 0 Å². The fourth-order valence-corrected chi connectivity index (χ4v) is 4.69. The third kappa shape index (κ3) is 7.30. The summed E-state index contributed by atoms with van der Waals surface area (Å²) in [4.78, 5) is 22.1. The number of alkyl halides is 6. The molecular weight excluding hydrogens is 516 g/mol. The van der Waals surface area contributed by atoms with E-state index in [1.54, 1.807) is 0 Å². The van der Waals surface area contributed by atoms with Gasteiger partial charge >= 0.3 is 18.3 Å². The number of unbranched alkanes of at least 4 members (excludes halogenated alkanes) is 8. The van der Waals surface area contributed by atoms with Crippen LogP contribution in [0.3, 0.4) is 0 Å². The number of aromatic nitrogens is 1. The Morgan fingerprint density at radius 3 is 1.92 bits per heavy atom. The van der Waals surface area contributed by atoms with Gasteiger partial charge in [0.05, 0.1) is 5.52 Å². The second-order valence-corrected chi connectivity index (χ2v) is 9.78. The lowest BCUT2D eigenvalue weighted by molar-refractivity contribution is -0.376. The summed E-state index contributed by atoms with van der Waals surface area (Å²) in [6.07, 6.45) is -0.278. The van der Waals surface area contributed by atoms with Crippen LogP contribution >= 0.6 is 0 Å². The van der Waals surface area contributed by atoms with Crippen LogP contribution in [0.15, 0.2) is 23.0 Å². The van der Waals surface area contributed by atoms with Crippen molar-refractivity contribution >= 4 is 16.9 Å². The SMILES string of the molecule is CCCCCCCCCCCC(=O)O.Cc1cc(=O)n2c3c(cc(C(O)(C(F)(F)F)C(F)(F)F)cc13)CC2. The van der Waals surface area contributed by atoms with Crippen LogP contribution in [-0.4, -0.2) is 33.1 Å². The van der Waals surface area contributed by atoms with Crippen molar-refractivity contribution in [2.45, 2.75) is 109 Å². The van der Waals surface area contributed by atoms with Gasteiger partial charge in [-0.15, -0.1) is 0 Å². The average molecular weight is 552 g/mol. The van der Waals surface area contributed by atoms with E-state index in [9.17, 15) is 41.0 Å². The molecule has 214 valence electrons. The Labute approximate surface area is 217 Å². The van der Waals surface area contributed by atoms with E-state index < -0.39 is 29.5 Å². The van der Waals surface area contributed by atoms with E-state index in [-0.39, 0.29) is 35.0 Å². The van der Waals surface area contributed by atoms with Gasteiger partial charge in [-0.25, -0.2) is 0 Å². The molecule has 0 bridgehead atoms. The maximum absolute atomic E-state index is 13.1. The molecule has 0 saturated carbocycles. The van der Waals surface area contributed by atoms with Crippen LogP contribution in [0.1, 0.15) is 87.8 Å². The van der Waals surface area contributed by atoms with Gasteiger partial charge in [0.15, 0.2) is 0 Å². The number of aryl methyl sites for hydroxylation is 3. The molecule has 1 aromatic heterocycles. The van der Waals surface area contributed by atoms with E-state index >= 15 is 0 Å². The molecule has 5 nitrogen and oxygen atoms in total. The van der Waals surface area contributed by atoms with E-state index in [1.807, 2.05) is 0 Å². The molecule has 0 saturated heterocycles. The Bertz CT molecular complexity index is 1140. The van der Waals surface area contributed by atoms with Gasteiger partial charge in [-0.3, -0.25) is 9.59 Å². The number of benzene rings is 1. The molecular formula is C27H35F6NO4. The highest BCUT2D eigenvalue weighted by Gasteiger charge is 2.71. The van der Waals surface area contributed by atoms with Gasteiger partial charge < -0.3 is 14.8 Å². The molecule has 0 unspecified atom stereocenters. The van der Waals surface area contributed by atoms with Crippen molar-refractivity contribution in [3.63, 3.8) is 0 Å². The van der Waals surface area contributed by atoms with Gasteiger partial charge in [-0.2, -0.15) is 26.3 Å². The number of aliphatic hydroxyl groups is 1. The number of rotatable bonds is 11. The normalized spacial score (nSPS) is 13.5. The number of nitrogens with zero attached hydrogens (tertiary/aromatic N) is 1. The highest BCUT2D eigenvalue weighted by molar-refractivity contribution is 5.87. The average Bonchev–Trinajstić information content (AvgIpc) is 3.24. The Morgan fingerprint density at radius 2 is 1.42 bits per heavy atom. The summed E-state index contributed by atoms with van der Waals surface area (Å²) in [5.41, 5.74) is -5.89. The first kappa shape index (κ1) is 31.7. The first-order chi connectivity index (χ1) is 17.6. The number of hydrogen-bond donors (Lipinski definition) is 2. The molecule has 2 N–H and O–H groups in total. The Kier molecular flexibility index (Phi) is 10.8. The van der Waals surface area contributed by atoms with Crippen LogP contribution in [0.2, 0.25) is 0 Å². The van der Waals surface area contributed by atoms with Crippen molar-refractivity contribution in [3.05, 3.63) is 45.2 Å². The van der Waals surface area contributed by atoms with Gasteiger partial charge in [0.25, 0.3) is 11.2 Å². The molecule has 1 aliphatic heterocycles. The van der Waals surface area contributed by atoms with Crippen LogP contribution in [-0.2, 0) is 23.4 Å². The minimum absolute atomic E-state index is 0.0894.